The third-order valence-electron chi connectivity index (χ3n) is 3.74. The molecule has 21 heavy (non-hydrogen) atoms. The van der Waals surface area contributed by atoms with E-state index in [9.17, 15) is 8.42 Å². The summed E-state index contributed by atoms with van der Waals surface area (Å²) in [6.45, 7) is 5.04. The van der Waals surface area contributed by atoms with Gasteiger partial charge in [0.25, 0.3) is 0 Å². The molecule has 0 aromatic heterocycles. The summed E-state index contributed by atoms with van der Waals surface area (Å²) in [4.78, 5) is 0.413. The van der Waals surface area contributed by atoms with Crippen molar-refractivity contribution in [3.05, 3.63) is 28.8 Å². The maximum atomic E-state index is 12.4. The molecule has 2 N–H and O–H groups in total. The van der Waals surface area contributed by atoms with Crippen LogP contribution in [-0.2, 0) is 16.6 Å². The summed E-state index contributed by atoms with van der Waals surface area (Å²) in [7, 11) is -3.42. The Kier molecular flexibility index (Phi) is 5.71. The fourth-order valence-electron chi connectivity index (χ4n) is 2.19. The average Bonchev–Trinajstić information content (AvgIpc) is 3.24. The van der Waals surface area contributed by atoms with E-state index in [0.29, 0.717) is 17.5 Å². The van der Waals surface area contributed by atoms with Gasteiger partial charge >= 0.3 is 0 Å². The molecule has 0 radical (unpaired) electrons. The summed E-state index contributed by atoms with van der Waals surface area (Å²) < 4.78 is 27.6. The molecule has 6 heteroatoms. The van der Waals surface area contributed by atoms with E-state index in [2.05, 4.69) is 16.1 Å². The smallest absolute Gasteiger partial charge is 0.240 e. The van der Waals surface area contributed by atoms with Crippen molar-refractivity contribution in [2.75, 3.05) is 18.6 Å². The minimum absolute atomic E-state index is 0.413. The highest BCUT2D eigenvalue weighted by Gasteiger charge is 2.22. The Morgan fingerprint density at radius 1 is 1.29 bits per heavy atom. The van der Waals surface area contributed by atoms with Gasteiger partial charge in [0.05, 0.1) is 4.90 Å². The van der Waals surface area contributed by atoms with E-state index in [1.165, 1.54) is 12.8 Å². The molecule has 0 amide bonds. The lowest BCUT2D eigenvalue weighted by Gasteiger charge is -2.14. The van der Waals surface area contributed by atoms with Crippen molar-refractivity contribution in [1.82, 2.24) is 10.0 Å². The van der Waals surface area contributed by atoms with Gasteiger partial charge in [-0.1, -0.05) is 6.07 Å². The highest BCUT2D eigenvalue weighted by atomic mass is 32.2. The molecule has 0 unspecified atom stereocenters. The van der Waals surface area contributed by atoms with Crippen molar-refractivity contribution in [2.45, 2.75) is 44.2 Å². The molecule has 0 atom stereocenters. The first kappa shape index (κ1) is 16.8. The molecule has 0 bridgehead atoms. The minimum atomic E-state index is -3.42. The molecule has 1 aromatic rings. The van der Waals surface area contributed by atoms with Gasteiger partial charge in [-0.05, 0) is 55.7 Å². The lowest BCUT2D eigenvalue weighted by atomic mass is 10.1. The van der Waals surface area contributed by atoms with E-state index >= 15 is 0 Å². The lowest BCUT2D eigenvalue weighted by Crippen LogP contribution is -2.27. The molecule has 1 aromatic carbocycles. The van der Waals surface area contributed by atoms with E-state index in [1.807, 2.05) is 20.1 Å². The van der Waals surface area contributed by atoms with Gasteiger partial charge in [0.15, 0.2) is 0 Å². The first-order valence-electron chi connectivity index (χ1n) is 7.26. The molecule has 1 fully saturated rings. The molecule has 0 spiro atoms. The Morgan fingerprint density at radius 2 is 2.00 bits per heavy atom. The molecule has 0 heterocycles. The van der Waals surface area contributed by atoms with Crippen LogP contribution in [-0.4, -0.2) is 33.0 Å². The fraction of sp³-hybridized carbons (Fsp3) is 0.600. The summed E-state index contributed by atoms with van der Waals surface area (Å²) >= 11 is 1.63. The molecule has 0 aliphatic heterocycles. The van der Waals surface area contributed by atoms with Crippen molar-refractivity contribution in [1.29, 1.82) is 0 Å². The van der Waals surface area contributed by atoms with Gasteiger partial charge in [-0.2, -0.15) is 11.8 Å². The number of rotatable bonds is 8. The summed E-state index contributed by atoms with van der Waals surface area (Å²) in [6.07, 6.45) is 4.42. The molecule has 2 rings (SSSR count). The topological polar surface area (TPSA) is 58.2 Å². The zero-order valence-corrected chi connectivity index (χ0v) is 14.5. The standard InChI is InChI=1S/C15H24N2O2S2/c1-11-8-13(10-16-14-4-5-14)9-15(12(11)2)21(18,19)17-6-7-20-3/h8-9,14,16-17H,4-7,10H2,1-3H3. The van der Waals surface area contributed by atoms with Crippen LogP contribution < -0.4 is 10.0 Å². The highest BCUT2D eigenvalue weighted by Crippen LogP contribution is 2.23. The number of nitrogens with one attached hydrogen (secondary N) is 2. The SMILES string of the molecule is CSCCNS(=O)(=O)c1cc(CNC2CC2)cc(C)c1C. The third-order valence-corrected chi connectivity index (χ3v) is 5.94. The van der Waals surface area contributed by atoms with Gasteiger partial charge in [0.2, 0.25) is 10.0 Å². The molecule has 118 valence electrons. The highest BCUT2D eigenvalue weighted by molar-refractivity contribution is 7.98. The van der Waals surface area contributed by atoms with Gasteiger partial charge in [0, 0.05) is 24.9 Å². The van der Waals surface area contributed by atoms with Crippen LogP contribution in [0, 0.1) is 13.8 Å². The summed E-state index contributed by atoms with van der Waals surface area (Å²) in [6, 6.07) is 4.50. The Morgan fingerprint density at radius 3 is 2.62 bits per heavy atom. The Bertz CT molecular complexity index is 596. The molecule has 1 saturated carbocycles. The second kappa shape index (κ2) is 7.13. The number of hydrogen-bond donors (Lipinski definition) is 2. The summed E-state index contributed by atoms with van der Waals surface area (Å²) in [5.74, 6) is 0.778. The normalized spacial score (nSPS) is 15.4. The van der Waals surface area contributed by atoms with Crippen LogP contribution in [0.4, 0.5) is 0 Å². The molecular weight excluding hydrogens is 304 g/mol. The van der Waals surface area contributed by atoms with Gasteiger partial charge in [-0.25, -0.2) is 13.1 Å². The number of hydrogen-bond acceptors (Lipinski definition) is 4. The Hall–Kier alpha value is -0.560. The maximum absolute atomic E-state index is 12.4. The van der Waals surface area contributed by atoms with E-state index in [1.54, 1.807) is 17.8 Å². The van der Waals surface area contributed by atoms with Gasteiger partial charge in [0.1, 0.15) is 0 Å². The third kappa shape index (κ3) is 4.71. The molecule has 1 aliphatic carbocycles. The number of aryl methyl sites for hydroxylation is 1. The van der Waals surface area contributed by atoms with Crippen molar-refractivity contribution >= 4 is 21.8 Å². The van der Waals surface area contributed by atoms with Crippen LogP contribution in [0.2, 0.25) is 0 Å². The van der Waals surface area contributed by atoms with E-state index in [0.717, 1.165) is 29.0 Å². The first-order valence-corrected chi connectivity index (χ1v) is 10.1. The number of benzene rings is 1. The lowest BCUT2D eigenvalue weighted by molar-refractivity contribution is 0.583. The van der Waals surface area contributed by atoms with Crippen LogP contribution in [0.1, 0.15) is 29.5 Å². The van der Waals surface area contributed by atoms with Gasteiger partial charge in [-0.3, -0.25) is 0 Å². The van der Waals surface area contributed by atoms with Crippen molar-refractivity contribution in [3.8, 4) is 0 Å². The monoisotopic (exact) mass is 328 g/mol. The van der Waals surface area contributed by atoms with Crippen LogP contribution in [0.5, 0.6) is 0 Å². The first-order chi connectivity index (χ1) is 9.94. The van der Waals surface area contributed by atoms with Crippen molar-refractivity contribution < 1.29 is 8.42 Å². The zero-order valence-electron chi connectivity index (χ0n) is 12.9. The average molecular weight is 329 g/mol. The molecule has 4 nitrogen and oxygen atoms in total. The second-order valence-corrected chi connectivity index (χ2v) is 8.30. The van der Waals surface area contributed by atoms with Crippen LogP contribution in [0.25, 0.3) is 0 Å². The van der Waals surface area contributed by atoms with Crippen LogP contribution in [0.3, 0.4) is 0 Å². The molecular formula is C15H24N2O2S2. The second-order valence-electron chi connectivity index (χ2n) is 5.58. The van der Waals surface area contributed by atoms with E-state index in [4.69, 9.17) is 0 Å². The Balaban J connectivity index is 2.19. The summed E-state index contributed by atoms with van der Waals surface area (Å²) in [5, 5.41) is 3.43. The fourth-order valence-corrected chi connectivity index (χ4v) is 4.02. The van der Waals surface area contributed by atoms with Gasteiger partial charge < -0.3 is 5.32 Å². The van der Waals surface area contributed by atoms with Crippen molar-refractivity contribution in [2.24, 2.45) is 0 Å². The quantitative estimate of drug-likeness (QED) is 0.718. The molecule has 0 saturated heterocycles. The van der Waals surface area contributed by atoms with Gasteiger partial charge in [-0.15, -0.1) is 0 Å². The zero-order chi connectivity index (χ0) is 15.5. The minimum Gasteiger partial charge on any atom is -0.310 e. The van der Waals surface area contributed by atoms with E-state index in [-0.39, 0.29) is 0 Å². The van der Waals surface area contributed by atoms with Crippen LogP contribution >= 0.6 is 11.8 Å². The summed E-state index contributed by atoms with van der Waals surface area (Å²) in [5.41, 5.74) is 2.90. The molecule has 1 aliphatic rings. The van der Waals surface area contributed by atoms with E-state index < -0.39 is 10.0 Å². The largest absolute Gasteiger partial charge is 0.310 e. The number of thioether (sulfide) groups is 1. The van der Waals surface area contributed by atoms with Crippen molar-refractivity contribution in [3.63, 3.8) is 0 Å². The Labute approximate surface area is 132 Å². The van der Waals surface area contributed by atoms with Crippen LogP contribution in [0.15, 0.2) is 17.0 Å². The maximum Gasteiger partial charge on any atom is 0.240 e. The predicted molar refractivity (Wildman–Crippen MR) is 89.3 cm³/mol. The predicted octanol–water partition coefficient (Wildman–Crippen LogP) is 2.20. The number of sulfonamides is 1.